The lowest BCUT2D eigenvalue weighted by Crippen LogP contribution is -2.49. The monoisotopic (exact) mass is 316 g/mol. The van der Waals surface area contributed by atoms with Crippen LogP contribution in [0.3, 0.4) is 0 Å². The molecule has 2 heterocycles. The number of halogens is 3. The van der Waals surface area contributed by atoms with E-state index >= 15 is 0 Å². The number of rotatable bonds is 2. The van der Waals surface area contributed by atoms with Crippen molar-refractivity contribution in [2.24, 2.45) is 5.92 Å². The minimum Gasteiger partial charge on any atom is -0.481 e. The first-order chi connectivity index (χ1) is 10.2. The third-order valence-corrected chi connectivity index (χ3v) is 3.87. The van der Waals surface area contributed by atoms with Gasteiger partial charge in [0.2, 0.25) is 0 Å². The van der Waals surface area contributed by atoms with E-state index in [0.717, 1.165) is 18.3 Å². The molecule has 1 aromatic heterocycles. The van der Waals surface area contributed by atoms with E-state index < -0.39 is 35.7 Å². The third-order valence-electron chi connectivity index (χ3n) is 3.87. The van der Waals surface area contributed by atoms with Gasteiger partial charge in [0.1, 0.15) is 5.69 Å². The average molecular weight is 316 g/mol. The largest absolute Gasteiger partial charge is 0.481 e. The lowest BCUT2D eigenvalue weighted by Gasteiger charge is -2.37. The molecule has 0 unspecified atom stereocenters. The molecule has 8 heteroatoms. The standard InChI is InChI=1S/C14H15F3N2O3/c1-8-10(13(21)22)3-2-6-19(8)12(20)9-4-5-11(18-7-9)14(15,16)17/h4-5,7-8,10H,2-3,6H2,1H3,(H,21,22)/t8-,10-/m1/s1. The van der Waals surface area contributed by atoms with Crippen molar-refractivity contribution in [1.29, 1.82) is 0 Å². The van der Waals surface area contributed by atoms with E-state index in [-0.39, 0.29) is 5.56 Å². The number of aliphatic carboxylic acids is 1. The number of hydrogen-bond donors (Lipinski definition) is 1. The number of carboxylic acid groups (broad SMARTS) is 1. The van der Waals surface area contributed by atoms with Crippen LogP contribution in [0.4, 0.5) is 13.2 Å². The second-order valence-electron chi connectivity index (χ2n) is 5.26. The lowest BCUT2D eigenvalue weighted by atomic mass is 9.90. The van der Waals surface area contributed by atoms with Gasteiger partial charge in [0, 0.05) is 18.8 Å². The summed E-state index contributed by atoms with van der Waals surface area (Å²) in [5.41, 5.74) is -1.05. The molecule has 0 spiro atoms. The number of carbonyl (C=O) groups is 2. The highest BCUT2D eigenvalue weighted by molar-refractivity contribution is 5.94. The maximum absolute atomic E-state index is 12.5. The van der Waals surface area contributed by atoms with E-state index in [0.29, 0.717) is 19.4 Å². The van der Waals surface area contributed by atoms with Crippen molar-refractivity contribution in [3.8, 4) is 0 Å². The SMILES string of the molecule is C[C@@H]1[C@H](C(=O)O)CCCN1C(=O)c1ccc(C(F)(F)F)nc1. The van der Waals surface area contributed by atoms with E-state index in [1.54, 1.807) is 6.92 Å². The van der Waals surface area contributed by atoms with Crippen molar-refractivity contribution < 1.29 is 27.9 Å². The molecule has 1 saturated heterocycles. The minimum absolute atomic E-state index is 0.0193. The Hall–Kier alpha value is -2.12. The Labute approximate surface area is 124 Å². The van der Waals surface area contributed by atoms with Crippen LogP contribution >= 0.6 is 0 Å². The Kier molecular flexibility index (Phi) is 4.39. The molecular weight excluding hydrogens is 301 g/mol. The zero-order valence-electron chi connectivity index (χ0n) is 11.8. The van der Waals surface area contributed by atoms with E-state index in [1.165, 1.54) is 4.90 Å². The molecule has 0 radical (unpaired) electrons. The molecule has 0 saturated carbocycles. The summed E-state index contributed by atoms with van der Waals surface area (Å²) in [6, 6.07) is 1.30. The maximum atomic E-state index is 12.5. The minimum atomic E-state index is -4.56. The first-order valence-corrected chi connectivity index (χ1v) is 6.79. The van der Waals surface area contributed by atoms with Gasteiger partial charge < -0.3 is 10.0 Å². The first kappa shape index (κ1) is 16.3. The number of likely N-dealkylation sites (tertiary alicyclic amines) is 1. The average Bonchev–Trinajstić information content (AvgIpc) is 2.45. The fourth-order valence-corrected chi connectivity index (χ4v) is 2.61. The topological polar surface area (TPSA) is 70.5 Å². The van der Waals surface area contributed by atoms with Gasteiger partial charge in [-0.25, -0.2) is 0 Å². The summed E-state index contributed by atoms with van der Waals surface area (Å²) in [5.74, 6) is -2.14. The van der Waals surface area contributed by atoms with Crippen LogP contribution in [0, 0.1) is 5.92 Å². The maximum Gasteiger partial charge on any atom is 0.433 e. The number of amides is 1. The number of alkyl halides is 3. The van der Waals surface area contributed by atoms with Crippen molar-refractivity contribution in [3.05, 3.63) is 29.6 Å². The van der Waals surface area contributed by atoms with Crippen molar-refractivity contribution in [2.45, 2.75) is 32.0 Å². The van der Waals surface area contributed by atoms with E-state index in [1.807, 2.05) is 0 Å². The summed E-state index contributed by atoms with van der Waals surface area (Å²) in [5, 5.41) is 9.13. The third kappa shape index (κ3) is 3.20. The van der Waals surface area contributed by atoms with Crippen molar-refractivity contribution in [1.82, 2.24) is 9.88 Å². The molecule has 2 atom stereocenters. The highest BCUT2D eigenvalue weighted by Crippen LogP contribution is 2.28. The molecule has 1 aliphatic rings. The van der Waals surface area contributed by atoms with Crippen LogP contribution in [0.25, 0.3) is 0 Å². The van der Waals surface area contributed by atoms with Crippen LogP contribution in [0.5, 0.6) is 0 Å². The second-order valence-corrected chi connectivity index (χ2v) is 5.26. The Morgan fingerprint density at radius 3 is 2.55 bits per heavy atom. The number of aromatic nitrogens is 1. The molecule has 1 aromatic rings. The van der Waals surface area contributed by atoms with Crippen LogP contribution in [-0.4, -0.2) is 39.5 Å². The molecule has 1 N–H and O–H groups in total. The summed E-state index contributed by atoms with van der Waals surface area (Å²) in [6.07, 6.45) is -2.66. The van der Waals surface area contributed by atoms with Crippen LogP contribution in [0.2, 0.25) is 0 Å². The summed E-state index contributed by atoms with van der Waals surface area (Å²) < 4.78 is 37.4. The molecular formula is C14H15F3N2O3. The molecule has 1 fully saturated rings. The fourth-order valence-electron chi connectivity index (χ4n) is 2.61. The van der Waals surface area contributed by atoms with E-state index in [4.69, 9.17) is 5.11 Å². The van der Waals surface area contributed by atoms with Gasteiger partial charge in [0.05, 0.1) is 11.5 Å². The number of carbonyl (C=O) groups excluding carboxylic acids is 1. The number of piperidine rings is 1. The summed E-state index contributed by atoms with van der Waals surface area (Å²) >= 11 is 0. The Bertz CT molecular complexity index is 572. The Balaban J connectivity index is 2.19. The van der Waals surface area contributed by atoms with Gasteiger partial charge in [0.15, 0.2) is 0 Å². The molecule has 0 aliphatic carbocycles. The van der Waals surface area contributed by atoms with Crippen molar-refractivity contribution >= 4 is 11.9 Å². The van der Waals surface area contributed by atoms with E-state index in [9.17, 15) is 22.8 Å². The van der Waals surface area contributed by atoms with Crippen molar-refractivity contribution in [2.75, 3.05) is 6.54 Å². The highest BCUT2D eigenvalue weighted by atomic mass is 19.4. The molecule has 1 amide bonds. The van der Waals surface area contributed by atoms with Crippen molar-refractivity contribution in [3.63, 3.8) is 0 Å². The number of pyridine rings is 1. The molecule has 120 valence electrons. The fraction of sp³-hybridized carbons (Fsp3) is 0.500. The quantitative estimate of drug-likeness (QED) is 0.909. The lowest BCUT2D eigenvalue weighted by molar-refractivity contribution is -0.145. The molecule has 5 nitrogen and oxygen atoms in total. The Morgan fingerprint density at radius 2 is 2.05 bits per heavy atom. The smallest absolute Gasteiger partial charge is 0.433 e. The van der Waals surface area contributed by atoms with Gasteiger partial charge >= 0.3 is 12.1 Å². The van der Waals surface area contributed by atoms with Gasteiger partial charge in [-0.3, -0.25) is 14.6 Å². The van der Waals surface area contributed by atoms with Crippen LogP contribution in [0.1, 0.15) is 35.8 Å². The van der Waals surface area contributed by atoms with E-state index in [2.05, 4.69) is 4.98 Å². The predicted molar refractivity (Wildman–Crippen MR) is 70.1 cm³/mol. The normalized spacial score (nSPS) is 22.5. The van der Waals surface area contributed by atoms with Gasteiger partial charge in [-0.15, -0.1) is 0 Å². The van der Waals surface area contributed by atoms with Gasteiger partial charge in [-0.2, -0.15) is 13.2 Å². The summed E-state index contributed by atoms with van der Waals surface area (Å²) in [4.78, 5) is 28.1. The van der Waals surface area contributed by atoms with Gasteiger partial charge in [-0.1, -0.05) is 0 Å². The Morgan fingerprint density at radius 1 is 1.36 bits per heavy atom. The highest BCUT2D eigenvalue weighted by Gasteiger charge is 2.36. The first-order valence-electron chi connectivity index (χ1n) is 6.79. The molecule has 2 rings (SSSR count). The molecule has 1 aliphatic heterocycles. The zero-order valence-corrected chi connectivity index (χ0v) is 11.8. The van der Waals surface area contributed by atoms with Crippen LogP contribution in [-0.2, 0) is 11.0 Å². The predicted octanol–water partition coefficient (Wildman–Crippen LogP) is 2.43. The number of nitrogens with zero attached hydrogens (tertiary/aromatic N) is 2. The van der Waals surface area contributed by atoms with Gasteiger partial charge in [0.25, 0.3) is 5.91 Å². The molecule has 0 bridgehead atoms. The number of hydrogen-bond acceptors (Lipinski definition) is 3. The summed E-state index contributed by atoms with van der Waals surface area (Å²) in [6.45, 7) is 2.01. The van der Waals surface area contributed by atoms with Crippen LogP contribution in [0.15, 0.2) is 18.3 Å². The number of carboxylic acids is 1. The summed E-state index contributed by atoms with van der Waals surface area (Å²) in [7, 11) is 0. The van der Waals surface area contributed by atoms with Gasteiger partial charge in [-0.05, 0) is 31.9 Å². The van der Waals surface area contributed by atoms with Crippen LogP contribution < -0.4 is 0 Å². The molecule has 0 aromatic carbocycles. The zero-order chi connectivity index (χ0) is 16.5. The molecule has 22 heavy (non-hydrogen) atoms. The second kappa shape index (κ2) is 5.94.